The van der Waals surface area contributed by atoms with Crippen LogP contribution in [0.3, 0.4) is 0 Å². The molecule has 0 saturated carbocycles. The number of carboxylic acid groups (broad SMARTS) is 1. The van der Waals surface area contributed by atoms with Crippen molar-refractivity contribution in [3.63, 3.8) is 0 Å². The maximum Gasteiger partial charge on any atom is 0.347 e. The number of carboxylic acids is 1. The van der Waals surface area contributed by atoms with Crippen LogP contribution in [0, 0.1) is 0 Å². The Kier molecular flexibility index (Phi) is 2.65. The molecule has 0 aromatic carbocycles. The number of aryl methyl sites for hydroxylation is 1. The molecule has 1 heterocycles. The normalized spacial score (nSPS) is 9.83. The number of methoxy groups -OCH3 is 1. The second-order valence-electron chi connectivity index (χ2n) is 2.12. The minimum absolute atomic E-state index is 0.273. The second-order valence-corrected chi connectivity index (χ2v) is 3.08. The SMILES string of the molecule is CCc1nc(OC)sc1C(=O)O. The molecule has 0 bridgehead atoms. The standard InChI is InChI=1S/C7H9NO3S/c1-3-4-5(6(9)10)12-7(8-4)11-2/h3H2,1-2H3,(H,9,10). The number of thiazole rings is 1. The van der Waals surface area contributed by atoms with Gasteiger partial charge in [-0.05, 0) is 6.42 Å². The summed E-state index contributed by atoms with van der Waals surface area (Å²) in [7, 11) is 1.48. The lowest BCUT2D eigenvalue weighted by Gasteiger charge is -1.89. The Labute approximate surface area is 73.8 Å². The van der Waals surface area contributed by atoms with Gasteiger partial charge in [0.05, 0.1) is 12.8 Å². The fourth-order valence-electron chi connectivity index (χ4n) is 0.824. The second kappa shape index (κ2) is 3.53. The zero-order valence-corrected chi connectivity index (χ0v) is 7.64. The average Bonchev–Trinajstić information content (AvgIpc) is 2.47. The van der Waals surface area contributed by atoms with Crippen molar-refractivity contribution >= 4 is 17.3 Å². The van der Waals surface area contributed by atoms with Gasteiger partial charge in [0.15, 0.2) is 0 Å². The minimum atomic E-state index is -0.937. The largest absolute Gasteiger partial charge is 0.477 e. The van der Waals surface area contributed by atoms with Crippen LogP contribution < -0.4 is 4.74 Å². The predicted molar refractivity (Wildman–Crippen MR) is 45.0 cm³/mol. The average molecular weight is 187 g/mol. The Bertz CT molecular complexity index is 295. The van der Waals surface area contributed by atoms with Gasteiger partial charge in [0.2, 0.25) is 0 Å². The lowest BCUT2D eigenvalue weighted by Crippen LogP contribution is -1.97. The van der Waals surface area contributed by atoms with Crippen LogP contribution in [0.4, 0.5) is 0 Å². The molecule has 1 N–H and O–H groups in total. The highest BCUT2D eigenvalue weighted by Crippen LogP contribution is 2.24. The summed E-state index contributed by atoms with van der Waals surface area (Å²) in [4.78, 5) is 14.9. The number of aromatic carboxylic acids is 1. The number of nitrogens with zero attached hydrogens (tertiary/aromatic N) is 1. The Balaban J connectivity index is 3.08. The van der Waals surface area contributed by atoms with Gasteiger partial charge in [0.25, 0.3) is 5.19 Å². The molecule has 0 amide bonds. The van der Waals surface area contributed by atoms with Crippen molar-refractivity contribution in [3.8, 4) is 5.19 Å². The molecule has 0 aliphatic rings. The molecule has 12 heavy (non-hydrogen) atoms. The smallest absolute Gasteiger partial charge is 0.347 e. The van der Waals surface area contributed by atoms with Crippen LogP contribution in [0.5, 0.6) is 5.19 Å². The first kappa shape index (κ1) is 8.99. The Morgan fingerprint density at radius 1 is 1.75 bits per heavy atom. The van der Waals surface area contributed by atoms with E-state index in [1.165, 1.54) is 7.11 Å². The number of hydrogen-bond donors (Lipinski definition) is 1. The topological polar surface area (TPSA) is 59.4 Å². The van der Waals surface area contributed by atoms with Crippen molar-refractivity contribution in [3.05, 3.63) is 10.6 Å². The van der Waals surface area contributed by atoms with Crippen LogP contribution in [0.15, 0.2) is 0 Å². The molecule has 1 rings (SSSR count). The van der Waals surface area contributed by atoms with E-state index in [-0.39, 0.29) is 4.88 Å². The van der Waals surface area contributed by atoms with E-state index in [1.807, 2.05) is 6.92 Å². The summed E-state index contributed by atoms with van der Waals surface area (Å²) in [5.74, 6) is -0.937. The van der Waals surface area contributed by atoms with Crippen molar-refractivity contribution < 1.29 is 14.6 Å². The quantitative estimate of drug-likeness (QED) is 0.777. The molecule has 4 nitrogen and oxygen atoms in total. The Morgan fingerprint density at radius 2 is 2.42 bits per heavy atom. The fourth-order valence-corrected chi connectivity index (χ4v) is 1.63. The highest BCUT2D eigenvalue weighted by Gasteiger charge is 2.15. The first-order valence-electron chi connectivity index (χ1n) is 3.46. The van der Waals surface area contributed by atoms with Crippen molar-refractivity contribution in [1.82, 2.24) is 4.98 Å². The van der Waals surface area contributed by atoms with Crippen LogP contribution in [-0.2, 0) is 6.42 Å². The summed E-state index contributed by atoms with van der Waals surface area (Å²) >= 11 is 1.06. The van der Waals surface area contributed by atoms with E-state index >= 15 is 0 Å². The summed E-state index contributed by atoms with van der Waals surface area (Å²) in [5.41, 5.74) is 0.587. The van der Waals surface area contributed by atoms with Gasteiger partial charge < -0.3 is 9.84 Å². The Morgan fingerprint density at radius 3 is 2.75 bits per heavy atom. The maximum absolute atomic E-state index is 10.6. The molecular formula is C7H9NO3S. The van der Waals surface area contributed by atoms with Gasteiger partial charge in [-0.2, -0.15) is 0 Å². The molecule has 0 unspecified atom stereocenters. The van der Waals surface area contributed by atoms with E-state index in [0.29, 0.717) is 17.3 Å². The van der Waals surface area contributed by atoms with Gasteiger partial charge in [0.1, 0.15) is 4.88 Å². The third-order valence-corrected chi connectivity index (χ3v) is 2.43. The van der Waals surface area contributed by atoms with E-state index in [2.05, 4.69) is 4.98 Å². The van der Waals surface area contributed by atoms with Crippen LogP contribution in [0.2, 0.25) is 0 Å². The van der Waals surface area contributed by atoms with Gasteiger partial charge >= 0.3 is 5.97 Å². The molecule has 66 valence electrons. The molecule has 5 heteroatoms. The van der Waals surface area contributed by atoms with Crippen LogP contribution in [0.1, 0.15) is 22.3 Å². The van der Waals surface area contributed by atoms with E-state index in [1.54, 1.807) is 0 Å². The summed E-state index contributed by atoms with van der Waals surface area (Å²) in [6, 6.07) is 0. The number of ether oxygens (including phenoxy) is 1. The molecule has 0 fully saturated rings. The molecule has 1 aromatic heterocycles. The first-order chi connectivity index (χ1) is 5.69. The predicted octanol–water partition coefficient (Wildman–Crippen LogP) is 1.41. The molecule has 0 radical (unpaired) electrons. The first-order valence-corrected chi connectivity index (χ1v) is 4.27. The Hall–Kier alpha value is -1.10. The van der Waals surface area contributed by atoms with E-state index in [0.717, 1.165) is 11.3 Å². The zero-order valence-electron chi connectivity index (χ0n) is 6.83. The summed E-state index contributed by atoms with van der Waals surface area (Å²) in [5, 5.41) is 9.13. The van der Waals surface area contributed by atoms with Crippen molar-refractivity contribution in [2.24, 2.45) is 0 Å². The maximum atomic E-state index is 10.6. The lowest BCUT2D eigenvalue weighted by molar-refractivity contribution is 0.0701. The third kappa shape index (κ3) is 1.55. The van der Waals surface area contributed by atoms with Gasteiger partial charge in [-0.25, -0.2) is 9.78 Å². The summed E-state index contributed by atoms with van der Waals surface area (Å²) < 4.78 is 4.83. The minimum Gasteiger partial charge on any atom is -0.477 e. The van der Waals surface area contributed by atoms with Crippen molar-refractivity contribution in [1.29, 1.82) is 0 Å². The highest BCUT2D eigenvalue weighted by atomic mass is 32.1. The van der Waals surface area contributed by atoms with Gasteiger partial charge in [-0.15, -0.1) is 0 Å². The van der Waals surface area contributed by atoms with Gasteiger partial charge in [0, 0.05) is 0 Å². The van der Waals surface area contributed by atoms with Crippen LogP contribution in [0.25, 0.3) is 0 Å². The van der Waals surface area contributed by atoms with Crippen LogP contribution in [-0.4, -0.2) is 23.2 Å². The van der Waals surface area contributed by atoms with Gasteiger partial charge in [-0.1, -0.05) is 18.3 Å². The highest BCUT2D eigenvalue weighted by molar-refractivity contribution is 7.15. The van der Waals surface area contributed by atoms with E-state index < -0.39 is 5.97 Å². The molecule has 1 aromatic rings. The number of rotatable bonds is 3. The van der Waals surface area contributed by atoms with Gasteiger partial charge in [-0.3, -0.25) is 0 Å². The van der Waals surface area contributed by atoms with E-state index in [9.17, 15) is 4.79 Å². The summed E-state index contributed by atoms with van der Waals surface area (Å²) in [6.45, 7) is 1.86. The number of aromatic nitrogens is 1. The molecular weight excluding hydrogens is 178 g/mol. The number of carbonyl (C=O) groups is 1. The molecule has 0 spiro atoms. The monoisotopic (exact) mass is 187 g/mol. The lowest BCUT2D eigenvalue weighted by atomic mass is 10.3. The molecule has 0 aliphatic heterocycles. The van der Waals surface area contributed by atoms with Crippen molar-refractivity contribution in [2.45, 2.75) is 13.3 Å². The number of hydrogen-bond acceptors (Lipinski definition) is 4. The zero-order chi connectivity index (χ0) is 9.14. The third-order valence-electron chi connectivity index (χ3n) is 1.38. The summed E-state index contributed by atoms with van der Waals surface area (Å²) in [6.07, 6.45) is 0.613. The molecule has 0 saturated heterocycles. The molecule has 0 atom stereocenters. The van der Waals surface area contributed by atoms with E-state index in [4.69, 9.17) is 9.84 Å². The van der Waals surface area contributed by atoms with Crippen molar-refractivity contribution in [2.75, 3.05) is 7.11 Å². The molecule has 0 aliphatic carbocycles. The van der Waals surface area contributed by atoms with Crippen LogP contribution >= 0.6 is 11.3 Å². The fraction of sp³-hybridized carbons (Fsp3) is 0.429.